The van der Waals surface area contributed by atoms with Crippen LogP contribution >= 0.6 is 0 Å². The number of nitrogens with one attached hydrogen (secondary N) is 3. The monoisotopic (exact) mass is 318 g/mol. The molecule has 0 aliphatic heterocycles. The Kier molecular flexibility index (Phi) is 5.77. The lowest BCUT2D eigenvalue weighted by Crippen LogP contribution is -3.11. The summed E-state index contributed by atoms with van der Waals surface area (Å²) in [4.78, 5) is 25.0. The van der Waals surface area contributed by atoms with Crippen LogP contribution in [-0.2, 0) is 9.59 Å². The number of benzene rings is 1. The minimum Gasteiger partial charge on any atom is -0.348 e. The van der Waals surface area contributed by atoms with Crippen LogP contribution in [0.25, 0.3) is 0 Å². The lowest BCUT2D eigenvalue weighted by molar-refractivity contribution is -0.862. The van der Waals surface area contributed by atoms with Crippen molar-refractivity contribution in [1.29, 1.82) is 0 Å². The van der Waals surface area contributed by atoms with Crippen LogP contribution < -0.4 is 15.5 Å². The van der Waals surface area contributed by atoms with E-state index in [1.54, 1.807) is 0 Å². The second-order valence-electron chi connectivity index (χ2n) is 6.89. The van der Waals surface area contributed by atoms with Crippen LogP contribution in [0, 0.1) is 6.92 Å². The SMILES string of the molecule is Cc1cccc(C(C)C)c1NC(=O)C[NH+](C)CC(=O)NC1CC1. The summed E-state index contributed by atoms with van der Waals surface area (Å²) in [6, 6.07) is 6.43. The highest BCUT2D eigenvalue weighted by Crippen LogP contribution is 2.27. The molecule has 1 unspecified atom stereocenters. The Bertz CT molecular complexity index is 580. The zero-order chi connectivity index (χ0) is 17.0. The molecule has 0 saturated heterocycles. The van der Waals surface area contributed by atoms with Gasteiger partial charge in [0.2, 0.25) is 0 Å². The van der Waals surface area contributed by atoms with E-state index in [-0.39, 0.29) is 18.4 Å². The van der Waals surface area contributed by atoms with E-state index in [0.29, 0.717) is 18.5 Å². The number of carbonyl (C=O) groups excluding carboxylic acids is 2. The van der Waals surface area contributed by atoms with Gasteiger partial charge in [-0.25, -0.2) is 0 Å². The van der Waals surface area contributed by atoms with Crippen molar-refractivity contribution < 1.29 is 14.5 Å². The molecule has 0 bridgehead atoms. The smallest absolute Gasteiger partial charge is 0.279 e. The summed E-state index contributed by atoms with van der Waals surface area (Å²) >= 11 is 0. The average Bonchev–Trinajstić information content (AvgIpc) is 3.24. The molecule has 5 heteroatoms. The van der Waals surface area contributed by atoms with Crippen molar-refractivity contribution in [2.75, 3.05) is 25.5 Å². The van der Waals surface area contributed by atoms with E-state index in [1.807, 2.05) is 32.2 Å². The average molecular weight is 318 g/mol. The first-order valence-corrected chi connectivity index (χ1v) is 8.37. The van der Waals surface area contributed by atoms with E-state index >= 15 is 0 Å². The third-order valence-electron chi connectivity index (χ3n) is 4.06. The Balaban J connectivity index is 1.90. The van der Waals surface area contributed by atoms with Crippen LogP contribution in [0.4, 0.5) is 5.69 Å². The normalized spacial score (nSPS) is 15.3. The minimum absolute atomic E-state index is 0.0246. The lowest BCUT2D eigenvalue weighted by atomic mass is 9.98. The molecular weight excluding hydrogens is 290 g/mol. The van der Waals surface area contributed by atoms with E-state index in [4.69, 9.17) is 0 Å². The van der Waals surface area contributed by atoms with Crippen molar-refractivity contribution in [1.82, 2.24) is 5.32 Å². The summed E-state index contributed by atoms with van der Waals surface area (Å²) in [5.74, 6) is 0.314. The molecule has 1 aromatic rings. The molecule has 0 radical (unpaired) electrons. The van der Waals surface area contributed by atoms with Crippen molar-refractivity contribution in [3.05, 3.63) is 29.3 Å². The third kappa shape index (κ3) is 5.36. The number of quaternary nitrogens is 1. The zero-order valence-corrected chi connectivity index (χ0v) is 14.5. The number of hydrogen-bond acceptors (Lipinski definition) is 2. The van der Waals surface area contributed by atoms with Gasteiger partial charge in [0.15, 0.2) is 13.1 Å². The summed E-state index contributed by atoms with van der Waals surface area (Å²) in [5.41, 5.74) is 3.11. The van der Waals surface area contributed by atoms with Gasteiger partial charge in [-0.3, -0.25) is 9.59 Å². The number of aryl methyl sites for hydroxylation is 1. The largest absolute Gasteiger partial charge is 0.348 e. The first-order chi connectivity index (χ1) is 10.9. The summed E-state index contributed by atoms with van der Waals surface area (Å²) in [6.07, 6.45) is 2.16. The van der Waals surface area contributed by atoms with Crippen molar-refractivity contribution >= 4 is 17.5 Å². The second kappa shape index (κ2) is 7.59. The van der Waals surface area contributed by atoms with Gasteiger partial charge in [0.05, 0.1) is 7.05 Å². The van der Waals surface area contributed by atoms with Gasteiger partial charge in [-0.1, -0.05) is 32.0 Å². The van der Waals surface area contributed by atoms with Crippen molar-refractivity contribution in [3.8, 4) is 0 Å². The van der Waals surface area contributed by atoms with Crippen molar-refractivity contribution in [3.63, 3.8) is 0 Å². The molecule has 126 valence electrons. The summed E-state index contributed by atoms with van der Waals surface area (Å²) in [7, 11) is 1.87. The summed E-state index contributed by atoms with van der Waals surface area (Å²) in [5, 5.41) is 5.98. The summed E-state index contributed by atoms with van der Waals surface area (Å²) in [6.45, 7) is 6.84. The van der Waals surface area contributed by atoms with Crippen LogP contribution in [0.15, 0.2) is 18.2 Å². The van der Waals surface area contributed by atoms with Crippen LogP contribution in [0.2, 0.25) is 0 Å². The Morgan fingerprint density at radius 3 is 2.48 bits per heavy atom. The molecule has 0 heterocycles. The van der Waals surface area contributed by atoms with Crippen LogP contribution in [-0.4, -0.2) is 38.0 Å². The second-order valence-corrected chi connectivity index (χ2v) is 6.89. The van der Waals surface area contributed by atoms with Crippen LogP contribution in [0.5, 0.6) is 0 Å². The quantitative estimate of drug-likeness (QED) is 0.698. The molecule has 2 amide bonds. The molecule has 2 rings (SSSR count). The van der Waals surface area contributed by atoms with Gasteiger partial charge in [0.1, 0.15) is 0 Å². The highest BCUT2D eigenvalue weighted by atomic mass is 16.2. The maximum Gasteiger partial charge on any atom is 0.279 e. The van der Waals surface area contributed by atoms with Gasteiger partial charge < -0.3 is 15.5 Å². The molecule has 1 aliphatic rings. The molecule has 1 fully saturated rings. The molecule has 5 nitrogen and oxygen atoms in total. The Morgan fingerprint density at radius 1 is 1.22 bits per heavy atom. The van der Waals surface area contributed by atoms with Crippen molar-refractivity contribution in [2.45, 2.75) is 45.6 Å². The molecule has 1 saturated carbocycles. The maximum atomic E-state index is 12.3. The minimum atomic E-state index is -0.0575. The number of hydrogen-bond donors (Lipinski definition) is 3. The fraction of sp³-hybridized carbons (Fsp3) is 0.556. The number of amides is 2. The Morgan fingerprint density at radius 2 is 1.87 bits per heavy atom. The third-order valence-corrected chi connectivity index (χ3v) is 4.06. The molecular formula is C18H28N3O2+. The maximum absolute atomic E-state index is 12.3. The molecule has 23 heavy (non-hydrogen) atoms. The van der Waals surface area contributed by atoms with Gasteiger partial charge in [0.25, 0.3) is 11.8 Å². The van der Waals surface area contributed by atoms with Gasteiger partial charge in [-0.15, -0.1) is 0 Å². The predicted molar refractivity (Wildman–Crippen MR) is 91.7 cm³/mol. The fourth-order valence-electron chi connectivity index (χ4n) is 2.64. The van der Waals surface area contributed by atoms with Crippen molar-refractivity contribution in [2.24, 2.45) is 0 Å². The summed E-state index contributed by atoms with van der Waals surface area (Å²) < 4.78 is 0. The lowest BCUT2D eigenvalue weighted by Gasteiger charge is -2.18. The highest BCUT2D eigenvalue weighted by molar-refractivity contribution is 5.93. The predicted octanol–water partition coefficient (Wildman–Crippen LogP) is 0.850. The van der Waals surface area contributed by atoms with Gasteiger partial charge in [-0.2, -0.15) is 0 Å². The van der Waals surface area contributed by atoms with Gasteiger partial charge >= 0.3 is 0 Å². The Hall–Kier alpha value is -1.88. The van der Waals surface area contributed by atoms with Gasteiger partial charge in [0, 0.05) is 11.7 Å². The van der Waals surface area contributed by atoms with Crippen LogP contribution in [0.1, 0.15) is 43.7 Å². The Labute approximate surface area is 138 Å². The van der Waals surface area contributed by atoms with E-state index in [0.717, 1.165) is 34.6 Å². The highest BCUT2D eigenvalue weighted by Gasteiger charge is 2.25. The molecule has 1 aromatic carbocycles. The van der Waals surface area contributed by atoms with Gasteiger partial charge in [-0.05, 0) is 36.8 Å². The molecule has 3 N–H and O–H groups in total. The molecule has 1 atom stereocenters. The van der Waals surface area contributed by atoms with E-state index < -0.39 is 0 Å². The first kappa shape index (κ1) is 17.5. The number of likely N-dealkylation sites (N-methyl/N-ethyl adjacent to an activating group) is 1. The molecule has 1 aliphatic carbocycles. The fourth-order valence-corrected chi connectivity index (χ4v) is 2.64. The first-order valence-electron chi connectivity index (χ1n) is 8.37. The topological polar surface area (TPSA) is 62.6 Å². The van der Waals surface area contributed by atoms with Crippen LogP contribution in [0.3, 0.4) is 0 Å². The van der Waals surface area contributed by atoms with E-state index in [2.05, 4.69) is 24.5 Å². The number of anilines is 1. The standard InChI is InChI=1S/C18H27N3O2/c1-12(2)15-7-5-6-13(3)18(15)20-17(23)11-21(4)10-16(22)19-14-8-9-14/h5-7,12,14H,8-11H2,1-4H3,(H,19,22)(H,20,23)/p+1. The number of carbonyl (C=O) groups is 2. The number of para-hydroxylation sites is 1. The molecule has 0 aromatic heterocycles. The zero-order valence-electron chi connectivity index (χ0n) is 14.5. The number of rotatable bonds is 7. The molecule has 0 spiro atoms. The van der Waals surface area contributed by atoms with E-state index in [9.17, 15) is 9.59 Å². The van der Waals surface area contributed by atoms with E-state index in [1.165, 1.54) is 0 Å².